The number of rotatable bonds is 5. The number of benzene rings is 6. The van der Waals surface area contributed by atoms with Crippen LogP contribution in [0.1, 0.15) is 16.7 Å². The Labute approximate surface area is 273 Å². The predicted octanol–water partition coefficient (Wildman–Crippen LogP) is 10.1. The molecular weight excluding hydrogens is 574 g/mol. The molecule has 8 rings (SSSR count). The fourth-order valence-electron chi connectivity index (χ4n) is 6.44. The highest BCUT2D eigenvalue weighted by molar-refractivity contribution is 6.10. The van der Waals surface area contributed by atoms with Crippen molar-refractivity contribution in [2.24, 2.45) is 0 Å². The molecule has 0 atom stereocenters. The summed E-state index contributed by atoms with van der Waals surface area (Å²) in [6, 6.07) is 49.7. The molecular formula is C42H29N5. The molecule has 8 aromatic rings. The van der Waals surface area contributed by atoms with Gasteiger partial charge in [-0.2, -0.15) is 5.26 Å². The third-order valence-electron chi connectivity index (χ3n) is 8.67. The molecule has 0 radical (unpaired) electrons. The van der Waals surface area contributed by atoms with Crippen molar-refractivity contribution in [3.63, 3.8) is 0 Å². The number of nitriles is 1. The normalized spacial score (nSPS) is 11.2. The van der Waals surface area contributed by atoms with Crippen LogP contribution in [0.25, 0.3) is 72.8 Å². The fraction of sp³-hybridized carbons (Fsp3) is 0.0476. The van der Waals surface area contributed by atoms with E-state index in [2.05, 4.69) is 85.1 Å². The molecule has 0 N–H and O–H groups in total. The predicted molar refractivity (Wildman–Crippen MR) is 190 cm³/mol. The Morgan fingerprint density at radius 2 is 1.13 bits per heavy atom. The summed E-state index contributed by atoms with van der Waals surface area (Å²) >= 11 is 0. The zero-order valence-electron chi connectivity index (χ0n) is 26.0. The van der Waals surface area contributed by atoms with E-state index < -0.39 is 0 Å². The zero-order chi connectivity index (χ0) is 31.9. The Balaban J connectivity index is 1.43. The smallest absolute Gasteiger partial charge is 0.166 e. The molecule has 0 saturated heterocycles. The van der Waals surface area contributed by atoms with E-state index in [0.717, 1.165) is 49.7 Å². The molecule has 0 amide bonds. The summed E-state index contributed by atoms with van der Waals surface area (Å²) in [6.07, 6.45) is 0. The van der Waals surface area contributed by atoms with E-state index in [-0.39, 0.29) is 0 Å². The standard InChI is InChI=1S/C42H29N5/c1-27-17-20-33(28(2)23-27)32-19-22-35-34-15-9-10-16-37(34)47(39(35)25-32)38-24-29(26-43)18-21-36(38)42-45-40(30-11-5-3-6-12-30)44-41(46-42)31-13-7-4-8-14-31/h3-25H,1-2H3. The highest BCUT2D eigenvalue weighted by Gasteiger charge is 2.20. The Morgan fingerprint density at radius 3 is 1.81 bits per heavy atom. The molecule has 0 aliphatic rings. The van der Waals surface area contributed by atoms with E-state index >= 15 is 0 Å². The summed E-state index contributed by atoms with van der Waals surface area (Å²) in [5, 5.41) is 12.3. The van der Waals surface area contributed by atoms with Crippen molar-refractivity contribution in [1.82, 2.24) is 19.5 Å². The minimum Gasteiger partial charge on any atom is -0.308 e. The van der Waals surface area contributed by atoms with Gasteiger partial charge in [-0.25, -0.2) is 15.0 Å². The average molecular weight is 604 g/mol. The molecule has 0 aliphatic heterocycles. The van der Waals surface area contributed by atoms with Crippen LogP contribution in [0.15, 0.2) is 140 Å². The van der Waals surface area contributed by atoms with Gasteiger partial charge < -0.3 is 4.57 Å². The fourth-order valence-corrected chi connectivity index (χ4v) is 6.44. The first-order valence-electron chi connectivity index (χ1n) is 15.6. The summed E-state index contributed by atoms with van der Waals surface area (Å²) in [4.78, 5) is 15.0. The van der Waals surface area contributed by atoms with Gasteiger partial charge in [0.25, 0.3) is 0 Å². The van der Waals surface area contributed by atoms with Crippen LogP contribution in [-0.2, 0) is 0 Å². The maximum absolute atomic E-state index is 10.1. The van der Waals surface area contributed by atoms with Crippen LogP contribution >= 0.6 is 0 Å². The lowest BCUT2D eigenvalue weighted by Crippen LogP contribution is -2.04. The number of hydrogen-bond acceptors (Lipinski definition) is 4. The molecule has 47 heavy (non-hydrogen) atoms. The Kier molecular flexibility index (Phi) is 6.89. The minimum atomic E-state index is 0.536. The van der Waals surface area contributed by atoms with Crippen LogP contribution in [0.3, 0.4) is 0 Å². The second-order valence-corrected chi connectivity index (χ2v) is 11.8. The molecule has 0 spiro atoms. The molecule has 2 aromatic heterocycles. The first-order chi connectivity index (χ1) is 23.1. The van der Waals surface area contributed by atoms with Crippen LogP contribution in [0, 0.1) is 25.2 Å². The summed E-state index contributed by atoms with van der Waals surface area (Å²) in [7, 11) is 0. The molecule has 0 saturated carbocycles. The highest BCUT2D eigenvalue weighted by atomic mass is 15.1. The second-order valence-electron chi connectivity index (χ2n) is 11.8. The lowest BCUT2D eigenvalue weighted by molar-refractivity contribution is 1.06. The molecule has 0 bridgehead atoms. The van der Waals surface area contributed by atoms with Gasteiger partial charge in [-0.1, -0.05) is 115 Å². The van der Waals surface area contributed by atoms with Gasteiger partial charge in [-0.15, -0.1) is 0 Å². The third-order valence-corrected chi connectivity index (χ3v) is 8.67. The first kappa shape index (κ1) is 28.1. The molecule has 0 aliphatic carbocycles. The van der Waals surface area contributed by atoms with E-state index in [0.29, 0.717) is 23.0 Å². The van der Waals surface area contributed by atoms with Crippen molar-refractivity contribution in [1.29, 1.82) is 5.26 Å². The average Bonchev–Trinajstić information content (AvgIpc) is 3.45. The summed E-state index contributed by atoms with van der Waals surface area (Å²) in [5.41, 5.74) is 10.9. The van der Waals surface area contributed by atoms with Crippen molar-refractivity contribution in [3.05, 3.63) is 156 Å². The third kappa shape index (κ3) is 5.03. The van der Waals surface area contributed by atoms with Crippen molar-refractivity contribution in [3.8, 4) is 57.0 Å². The monoisotopic (exact) mass is 603 g/mol. The summed E-state index contributed by atoms with van der Waals surface area (Å²) in [5.74, 6) is 1.71. The van der Waals surface area contributed by atoms with Crippen LogP contribution in [0.4, 0.5) is 0 Å². The number of para-hydroxylation sites is 1. The minimum absolute atomic E-state index is 0.536. The molecule has 0 unspecified atom stereocenters. The lowest BCUT2D eigenvalue weighted by atomic mass is 9.97. The maximum Gasteiger partial charge on any atom is 0.166 e. The number of nitrogens with zero attached hydrogens (tertiary/aromatic N) is 5. The van der Waals surface area contributed by atoms with E-state index in [1.54, 1.807) is 0 Å². The van der Waals surface area contributed by atoms with Crippen LogP contribution in [0.2, 0.25) is 0 Å². The van der Waals surface area contributed by atoms with E-state index in [1.807, 2.05) is 78.9 Å². The highest BCUT2D eigenvalue weighted by Crippen LogP contribution is 2.38. The van der Waals surface area contributed by atoms with Gasteiger partial charge in [0.05, 0.1) is 28.4 Å². The molecule has 5 nitrogen and oxygen atoms in total. The Hall–Kier alpha value is -6.38. The number of aryl methyl sites for hydroxylation is 2. The maximum atomic E-state index is 10.1. The van der Waals surface area contributed by atoms with Crippen LogP contribution in [-0.4, -0.2) is 19.5 Å². The van der Waals surface area contributed by atoms with Gasteiger partial charge in [0.2, 0.25) is 0 Å². The van der Waals surface area contributed by atoms with Crippen LogP contribution in [0.5, 0.6) is 0 Å². The zero-order valence-corrected chi connectivity index (χ0v) is 26.0. The van der Waals surface area contributed by atoms with Gasteiger partial charge in [-0.3, -0.25) is 0 Å². The Morgan fingerprint density at radius 1 is 0.511 bits per heavy atom. The summed E-state index contributed by atoms with van der Waals surface area (Å²) < 4.78 is 2.25. The van der Waals surface area contributed by atoms with Crippen molar-refractivity contribution in [2.75, 3.05) is 0 Å². The topological polar surface area (TPSA) is 67.4 Å². The van der Waals surface area contributed by atoms with Gasteiger partial charge in [0.15, 0.2) is 17.5 Å². The molecule has 5 heteroatoms. The first-order valence-corrected chi connectivity index (χ1v) is 15.6. The van der Waals surface area contributed by atoms with Crippen molar-refractivity contribution >= 4 is 21.8 Å². The number of hydrogen-bond donors (Lipinski definition) is 0. The molecule has 2 heterocycles. The van der Waals surface area contributed by atoms with E-state index in [1.165, 1.54) is 16.7 Å². The lowest BCUT2D eigenvalue weighted by Gasteiger charge is -2.15. The van der Waals surface area contributed by atoms with E-state index in [4.69, 9.17) is 15.0 Å². The summed E-state index contributed by atoms with van der Waals surface area (Å²) in [6.45, 7) is 4.28. The SMILES string of the molecule is Cc1ccc(-c2ccc3c4ccccc4n(-c4cc(C#N)ccc4-c4nc(-c5ccccc5)nc(-c5ccccc5)n4)c3c2)c(C)c1. The van der Waals surface area contributed by atoms with Crippen LogP contribution < -0.4 is 0 Å². The largest absolute Gasteiger partial charge is 0.308 e. The van der Waals surface area contributed by atoms with E-state index in [9.17, 15) is 5.26 Å². The second kappa shape index (κ2) is 11.5. The van der Waals surface area contributed by atoms with Gasteiger partial charge >= 0.3 is 0 Å². The quantitative estimate of drug-likeness (QED) is 0.196. The number of aromatic nitrogens is 4. The molecule has 6 aromatic carbocycles. The number of fused-ring (bicyclic) bond motifs is 3. The van der Waals surface area contributed by atoms with Crippen molar-refractivity contribution in [2.45, 2.75) is 13.8 Å². The van der Waals surface area contributed by atoms with Gasteiger partial charge in [0, 0.05) is 27.5 Å². The molecule has 0 fully saturated rings. The van der Waals surface area contributed by atoms with Gasteiger partial charge in [-0.05, 0) is 60.9 Å². The van der Waals surface area contributed by atoms with Gasteiger partial charge in [0.1, 0.15) is 0 Å². The van der Waals surface area contributed by atoms with Crippen molar-refractivity contribution < 1.29 is 0 Å². The molecule has 222 valence electrons. The Bertz CT molecular complexity index is 2430.